The zero-order valence-corrected chi connectivity index (χ0v) is 12.3. The molecule has 0 saturated carbocycles. The monoisotopic (exact) mass is 283 g/mol. The van der Waals surface area contributed by atoms with Gasteiger partial charge in [0.1, 0.15) is 4.88 Å². The number of carboxylic acids is 1. The molecular weight excluding hydrogens is 262 g/mol. The SMILES string of the molecule is Cc1sc(C(=O)O)cc1CNC(C)C1CCOCC1. The Morgan fingerprint density at radius 1 is 1.58 bits per heavy atom. The first-order valence-electron chi connectivity index (χ1n) is 6.71. The molecule has 19 heavy (non-hydrogen) atoms. The minimum Gasteiger partial charge on any atom is -0.477 e. The Morgan fingerprint density at radius 3 is 2.84 bits per heavy atom. The van der Waals surface area contributed by atoms with Gasteiger partial charge in [-0.2, -0.15) is 0 Å². The lowest BCUT2D eigenvalue weighted by Gasteiger charge is -2.28. The van der Waals surface area contributed by atoms with E-state index in [4.69, 9.17) is 9.84 Å². The second-order valence-corrected chi connectivity index (χ2v) is 6.37. The van der Waals surface area contributed by atoms with Gasteiger partial charge in [0.25, 0.3) is 0 Å². The van der Waals surface area contributed by atoms with Crippen LogP contribution in [-0.4, -0.2) is 30.3 Å². The summed E-state index contributed by atoms with van der Waals surface area (Å²) >= 11 is 1.35. The molecule has 4 nitrogen and oxygen atoms in total. The highest BCUT2D eigenvalue weighted by Gasteiger charge is 2.20. The molecule has 1 atom stereocenters. The number of hydrogen-bond acceptors (Lipinski definition) is 4. The lowest BCUT2D eigenvalue weighted by molar-refractivity contribution is 0.0557. The molecule has 2 heterocycles. The standard InChI is InChI=1S/C14H21NO3S/c1-9(11-3-5-18-6-4-11)15-8-12-7-13(14(16)17)19-10(12)2/h7,9,11,15H,3-6,8H2,1-2H3,(H,16,17). The molecular formula is C14H21NO3S. The van der Waals surface area contributed by atoms with Gasteiger partial charge in [0.15, 0.2) is 0 Å². The van der Waals surface area contributed by atoms with Crippen LogP contribution in [0.5, 0.6) is 0 Å². The van der Waals surface area contributed by atoms with E-state index in [1.807, 2.05) is 6.92 Å². The molecule has 106 valence electrons. The zero-order chi connectivity index (χ0) is 13.8. The first-order valence-corrected chi connectivity index (χ1v) is 7.53. The predicted molar refractivity (Wildman–Crippen MR) is 75.9 cm³/mol. The normalized spacial score (nSPS) is 18.4. The zero-order valence-electron chi connectivity index (χ0n) is 11.4. The Bertz CT molecular complexity index is 438. The number of carboxylic acid groups (broad SMARTS) is 1. The van der Waals surface area contributed by atoms with Crippen molar-refractivity contribution >= 4 is 17.3 Å². The van der Waals surface area contributed by atoms with Gasteiger partial charge in [-0.3, -0.25) is 0 Å². The Morgan fingerprint density at radius 2 is 2.26 bits per heavy atom. The van der Waals surface area contributed by atoms with Crippen LogP contribution in [0.3, 0.4) is 0 Å². The molecule has 0 radical (unpaired) electrons. The van der Waals surface area contributed by atoms with E-state index >= 15 is 0 Å². The third-order valence-electron chi connectivity index (χ3n) is 3.82. The third kappa shape index (κ3) is 3.78. The molecule has 0 amide bonds. The van der Waals surface area contributed by atoms with Gasteiger partial charge in [-0.05, 0) is 44.2 Å². The largest absolute Gasteiger partial charge is 0.477 e. The van der Waals surface area contributed by atoms with Crippen molar-refractivity contribution in [2.24, 2.45) is 5.92 Å². The Kier molecular flexibility index (Phi) is 4.96. The minimum atomic E-state index is -0.836. The average Bonchev–Trinajstić information content (AvgIpc) is 2.79. The van der Waals surface area contributed by atoms with Gasteiger partial charge in [-0.1, -0.05) is 0 Å². The van der Waals surface area contributed by atoms with Crippen LogP contribution < -0.4 is 5.32 Å². The summed E-state index contributed by atoms with van der Waals surface area (Å²) in [5, 5.41) is 12.5. The Hall–Kier alpha value is -0.910. The van der Waals surface area contributed by atoms with Crippen molar-refractivity contribution in [2.75, 3.05) is 13.2 Å². The maximum absolute atomic E-state index is 10.9. The van der Waals surface area contributed by atoms with Crippen molar-refractivity contribution in [1.29, 1.82) is 0 Å². The fraction of sp³-hybridized carbons (Fsp3) is 0.643. The summed E-state index contributed by atoms with van der Waals surface area (Å²) < 4.78 is 5.37. The molecule has 2 N–H and O–H groups in total. The third-order valence-corrected chi connectivity index (χ3v) is 4.90. The van der Waals surface area contributed by atoms with E-state index in [-0.39, 0.29) is 0 Å². The van der Waals surface area contributed by atoms with Gasteiger partial charge in [0, 0.05) is 30.7 Å². The van der Waals surface area contributed by atoms with Crippen LogP contribution in [0.25, 0.3) is 0 Å². The predicted octanol–water partition coefficient (Wildman–Crippen LogP) is 2.66. The molecule has 0 bridgehead atoms. The fourth-order valence-electron chi connectivity index (χ4n) is 2.45. The smallest absolute Gasteiger partial charge is 0.345 e. The number of nitrogens with one attached hydrogen (secondary N) is 1. The summed E-state index contributed by atoms with van der Waals surface area (Å²) in [4.78, 5) is 12.4. The van der Waals surface area contributed by atoms with E-state index in [1.165, 1.54) is 11.3 Å². The molecule has 0 aliphatic carbocycles. The van der Waals surface area contributed by atoms with E-state index in [0.717, 1.165) is 43.0 Å². The van der Waals surface area contributed by atoms with Crippen LogP contribution in [0.4, 0.5) is 0 Å². The number of hydrogen-bond donors (Lipinski definition) is 2. The number of rotatable bonds is 5. The molecule has 1 aromatic heterocycles. The van der Waals surface area contributed by atoms with Gasteiger partial charge < -0.3 is 15.2 Å². The molecule has 1 aliphatic rings. The number of carbonyl (C=O) groups is 1. The van der Waals surface area contributed by atoms with Gasteiger partial charge in [-0.15, -0.1) is 11.3 Å². The second-order valence-electron chi connectivity index (χ2n) is 5.12. The average molecular weight is 283 g/mol. The summed E-state index contributed by atoms with van der Waals surface area (Å²) in [6.07, 6.45) is 2.22. The summed E-state index contributed by atoms with van der Waals surface area (Å²) in [7, 11) is 0. The van der Waals surface area contributed by atoms with Gasteiger partial charge in [0.05, 0.1) is 0 Å². The van der Waals surface area contributed by atoms with E-state index in [9.17, 15) is 4.79 Å². The Balaban J connectivity index is 1.89. The number of aromatic carboxylic acids is 1. The molecule has 2 rings (SSSR count). The van der Waals surface area contributed by atoms with Crippen molar-refractivity contribution in [2.45, 2.75) is 39.3 Å². The molecule has 5 heteroatoms. The quantitative estimate of drug-likeness (QED) is 0.872. The maximum Gasteiger partial charge on any atom is 0.345 e. The molecule has 0 spiro atoms. The van der Waals surface area contributed by atoms with E-state index in [0.29, 0.717) is 16.8 Å². The molecule has 1 saturated heterocycles. The number of aryl methyl sites for hydroxylation is 1. The van der Waals surface area contributed by atoms with Gasteiger partial charge in [-0.25, -0.2) is 4.79 Å². The van der Waals surface area contributed by atoms with Gasteiger partial charge >= 0.3 is 5.97 Å². The fourth-order valence-corrected chi connectivity index (χ4v) is 3.33. The van der Waals surface area contributed by atoms with Crippen molar-refractivity contribution < 1.29 is 14.6 Å². The first-order chi connectivity index (χ1) is 9.08. The molecule has 0 aromatic carbocycles. The van der Waals surface area contributed by atoms with Crippen LogP contribution in [0.2, 0.25) is 0 Å². The Labute approximate surface area is 117 Å². The van der Waals surface area contributed by atoms with E-state index in [2.05, 4.69) is 12.2 Å². The maximum atomic E-state index is 10.9. The molecule has 1 aliphatic heterocycles. The van der Waals surface area contributed by atoms with Crippen molar-refractivity contribution in [3.8, 4) is 0 Å². The van der Waals surface area contributed by atoms with Crippen LogP contribution in [0.15, 0.2) is 6.07 Å². The highest BCUT2D eigenvalue weighted by Crippen LogP contribution is 2.23. The van der Waals surface area contributed by atoms with Gasteiger partial charge in [0.2, 0.25) is 0 Å². The molecule has 1 fully saturated rings. The van der Waals surface area contributed by atoms with E-state index in [1.54, 1.807) is 6.07 Å². The molecule has 1 unspecified atom stereocenters. The van der Waals surface area contributed by atoms with Crippen LogP contribution >= 0.6 is 11.3 Å². The topological polar surface area (TPSA) is 58.6 Å². The summed E-state index contributed by atoms with van der Waals surface area (Å²) in [6, 6.07) is 2.22. The lowest BCUT2D eigenvalue weighted by atomic mass is 9.93. The second kappa shape index (κ2) is 6.50. The first kappa shape index (κ1) is 14.5. The van der Waals surface area contributed by atoms with Crippen LogP contribution in [0.1, 0.15) is 39.9 Å². The van der Waals surface area contributed by atoms with Crippen LogP contribution in [0, 0.1) is 12.8 Å². The summed E-state index contributed by atoms with van der Waals surface area (Å²) in [5.41, 5.74) is 1.10. The summed E-state index contributed by atoms with van der Waals surface area (Å²) in [5.74, 6) is -0.177. The minimum absolute atomic E-state index is 0.424. The lowest BCUT2D eigenvalue weighted by Crippen LogP contribution is -2.36. The summed E-state index contributed by atoms with van der Waals surface area (Å²) in [6.45, 7) is 6.64. The van der Waals surface area contributed by atoms with Crippen LogP contribution in [-0.2, 0) is 11.3 Å². The highest BCUT2D eigenvalue weighted by molar-refractivity contribution is 7.14. The number of ether oxygens (including phenoxy) is 1. The number of thiophene rings is 1. The van der Waals surface area contributed by atoms with Crippen molar-refractivity contribution in [3.05, 3.63) is 21.4 Å². The van der Waals surface area contributed by atoms with E-state index < -0.39 is 5.97 Å². The van der Waals surface area contributed by atoms with Crippen molar-refractivity contribution in [3.63, 3.8) is 0 Å². The van der Waals surface area contributed by atoms with Crippen molar-refractivity contribution in [1.82, 2.24) is 5.32 Å². The highest BCUT2D eigenvalue weighted by atomic mass is 32.1. The molecule has 1 aromatic rings.